The number of para-hydroxylation sites is 1. The molecule has 8 rings (SSSR count). The standard InChI is InChI=1S/C22H23N2.C17H11N2O.Ir/c1-15-13-17(14-22(2,3)4)18-11-8-12-19-20(18)24(15)21(23-19)16-9-6-5-7-10-16;1-11-8-9-13-12-5-4-6-14(15-7-2-3-10-18-15)16(12)20-17(13)19-11;/h5-9,11-13,15H,14H2,1-4H3;2-5,7-10H,1H3;/q2*-1;. The number of hydrogen-bond donors (Lipinski definition) is 0. The first-order valence-corrected chi connectivity index (χ1v) is 15.1. The molecule has 1 aliphatic heterocycles. The molecule has 4 aromatic heterocycles. The molecule has 0 saturated carbocycles. The van der Waals surface area contributed by atoms with Crippen LogP contribution in [0.4, 0.5) is 0 Å². The van der Waals surface area contributed by atoms with Crippen molar-refractivity contribution >= 4 is 38.7 Å². The molecule has 1 radical (unpaired) electrons. The van der Waals surface area contributed by atoms with Gasteiger partial charge in [0, 0.05) is 49.0 Å². The van der Waals surface area contributed by atoms with Gasteiger partial charge in [0.1, 0.15) is 0 Å². The van der Waals surface area contributed by atoms with Crippen LogP contribution in [0.2, 0.25) is 0 Å². The van der Waals surface area contributed by atoms with E-state index in [4.69, 9.17) is 9.40 Å². The first kappa shape index (κ1) is 30.6. The summed E-state index contributed by atoms with van der Waals surface area (Å²) in [5.74, 6) is 1.01. The Kier molecular flexibility index (Phi) is 8.30. The van der Waals surface area contributed by atoms with Gasteiger partial charge >= 0.3 is 0 Å². The molecule has 0 spiro atoms. The number of benzene rings is 3. The van der Waals surface area contributed by atoms with Crippen LogP contribution in [0.25, 0.3) is 61.3 Å². The van der Waals surface area contributed by atoms with E-state index < -0.39 is 0 Å². The van der Waals surface area contributed by atoms with Crippen LogP contribution in [-0.2, 0) is 20.1 Å². The second kappa shape index (κ2) is 12.2. The molecule has 0 bridgehead atoms. The van der Waals surface area contributed by atoms with Gasteiger partial charge in [0.25, 0.3) is 0 Å². The normalized spacial score (nSPS) is 14.2. The van der Waals surface area contributed by atoms with Gasteiger partial charge in [-0.25, -0.2) is 4.98 Å². The number of nitrogens with zero attached hydrogens (tertiary/aromatic N) is 4. The molecule has 0 saturated heterocycles. The minimum atomic E-state index is 0. The molecular weight excluding hydrogens is 733 g/mol. The molecule has 1 unspecified atom stereocenters. The van der Waals surface area contributed by atoms with Crippen molar-refractivity contribution in [3.05, 3.63) is 121 Å². The molecule has 0 N–H and O–H groups in total. The first-order chi connectivity index (χ1) is 21.3. The van der Waals surface area contributed by atoms with Gasteiger partial charge < -0.3 is 14.0 Å². The maximum Gasteiger partial charge on any atom is 0.216 e. The summed E-state index contributed by atoms with van der Waals surface area (Å²) in [6.45, 7) is 11.1. The number of furan rings is 1. The number of imidazole rings is 1. The van der Waals surface area contributed by atoms with E-state index in [2.05, 4.69) is 84.7 Å². The van der Waals surface area contributed by atoms with Crippen LogP contribution in [0.5, 0.6) is 0 Å². The van der Waals surface area contributed by atoms with E-state index in [0.29, 0.717) is 11.8 Å². The van der Waals surface area contributed by atoms with Crippen LogP contribution in [0.3, 0.4) is 0 Å². The summed E-state index contributed by atoms with van der Waals surface area (Å²) in [6.07, 6.45) is 5.25. The average molecular weight is 767 g/mol. The van der Waals surface area contributed by atoms with Gasteiger partial charge in [0.15, 0.2) is 0 Å². The SMILES string of the molecule is CC1C=C(CC(C)(C)C)c2cccc3nc(-c4[c-]cccc4)n1c23.Cc1ccc2c(n1)oc1c(-c3ccccn3)[c-]ccc12.[Ir]. The number of aryl methyl sites for hydroxylation is 1. The van der Waals surface area contributed by atoms with Crippen molar-refractivity contribution in [2.45, 2.75) is 47.1 Å². The fourth-order valence-electron chi connectivity index (χ4n) is 6.12. The van der Waals surface area contributed by atoms with Crippen molar-refractivity contribution < 1.29 is 24.5 Å². The summed E-state index contributed by atoms with van der Waals surface area (Å²) >= 11 is 0. The molecule has 5 nitrogen and oxygen atoms in total. The second-order valence-electron chi connectivity index (χ2n) is 12.6. The molecule has 3 aromatic carbocycles. The van der Waals surface area contributed by atoms with Crippen LogP contribution in [0, 0.1) is 24.5 Å². The number of allylic oxidation sites excluding steroid dienone is 2. The maximum absolute atomic E-state index is 5.94. The molecular formula is C39H34IrN4O-2. The molecule has 227 valence electrons. The molecule has 0 aliphatic carbocycles. The molecule has 6 heteroatoms. The quantitative estimate of drug-likeness (QED) is 0.168. The fourth-order valence-corrected chi connectivity index (χ4v) is 6.12. The Morgan fingerprint density at radius 2 is 1.71 bits per heavy atom. The van der Waals surface area contributed by atoms with Gasteiger partial charge in [-0.15, -0.1) is 54.1 Å². The Morgan fingerprint density at radius 3 is 2.47 bits per heavy atom. The summed E-state index contributed by atoms with van der Waals surface area (Å²) in [5, 5.41) is 2.07. The van der Waals surface area contributed by atoms with Gasteiger partial charge in [-0.1, -0.05) is 62.1 Å². The number of aromatic nitrogens is 4. The molecule has 7 aromatic rings. The molecule has 0 fully saturated rings. The van der Waals surface area contributed by atoms with Gasteiger partial charge in [0.05, 0.1) is 22.4 Å². The van der Waals surface area contributed by atoms with Gasteiger partial charge in [0.2, 0.25) is 5.71 Å². The van der Waals surface area contributed by atoms with E-state index in [1.54, 1.807) is 6.20 Å². The summed E-state index contributed by atoms with van der Waals surface area (Å²) < 4.78 is 8.30. The van der Waals surface area contributed by atoms with Gasteiger partial charge in [-0.2, -0.15) is 0 Å². The zero-order valence-electron chi connectivity index (χ0n) is 26.1. The number of pyridine rings is 2. The number of fused-ring (bicyclic) bond motifs is 3. The third-order valence-corrected chi connectivity index (χ3v) is 7.94. The number of hydrogen-bond acceptors (Lipinski definition) is 4. The topological polar surface area (TPSA) is 56.7 Å². The zero-order valence-corrected chi connectivity index (χ0v) is 28.4. The van der Waals surface area contributed by atoms with Crippen molar-refractivity contribution in [3.63, 3.8) is 0 Å². The first-order valence-electron chi connectivity index (χ1n) is 15.1. The minimum absolute atomic E-state index is 0. The Balaban J connectivity index is 0.000000158. The molecule has 5 heterocycles. The van der Waals surface area contributed by atoms with E-state index in [1.807, 2.05) is 67.6 Å². The monoisotopic (exact) mass is 767 g/mol. The second-order valence-corrected chi connectivity index (χ2v) is 12.6. The average Bonchev–Trinajstić information content (AvgIpc) is 3.59. The van der Waals surface area contributed by atoms with Crippen LogP contribution in [-0.4, -0.2) is 19.5 Å². The van der Waals surface area contributed by atoms with Crippen LogP contribution in [0.15, 0.2) is 102 Å². The van der Waals surface area contributed by atoms with Gasteiger partial charge in [-0.3, -0.25) is 4.98 Å². The third kappa shape index (κ3) is 5.88. The zero-order chi connectivity index (χ0) is 30.4. The Morgan fingerprint density at radius 1 is 0.867 bits per heavy atom. The third-order valence-electron chi connectivity index (χ3n) is 7.94. The van der Waals surface area contributed by atoms with E-state index >= 15 is 0 Å². The summed E-state index contributed by atoms with van der Waals surface area (Å²) in [5.41, 5.74) is 10.6. The van der Waals surface area contributed by atoms with Gasteiger partial charge in [-0.05, 0) is 61.2 Å². The predicted octanol–water partition coefficient (Wildman–Crippen LogP) is 10.0. The van der Waals surface area contributed by atoms with Crippen LogP contribution in [0.1, 0.15) is 51.4 Å². The van der Waals surface area contributed by atoms with Crippen LogP contribution < -0.4 is 0 Å². The van der Waals surface area contributed by atoms with Crippen molar-refractivity contribution in [3.8, 4) is 22.6 Å². The summed E-state index contributed by atoms with van der Waals surface area (Å²) in [6, 6.07) is 35.2. The predicted molar refractivity (Wildman–Crippen MR) is 179 cm³/mol. The Hall–Kier alpha value is -4.38. The van der Waals surface area contributed by atoms with E-state index in [1.165, 1.54) is 16.7 Å². The Bertz CT molecular complexity index is 2150. The maximum atomic E-state index is 5.94. The largest absolute Gasteiger partial charge is 0.486 e. The minimum Gasteiger partial charge on any atom is -0.486 e. The van der Waals surface area contributed by atoms with E-state index in [-0.39, 0.29) is 25.5 Å². The summed E-state index contributed by atoms with van der Waals surface area (Å²) in [7, 11) is 0. The van der Waals surface area contributed by atoms with E-state index in [9.17, 15) is 0 Å². The smallest absolute Gasteiger partial charge is 0.216 e. The number of rotatable bonds is 3. The molecule has 45 heavy (non-hydrogen) atoms. The fraction of sp³-hybridized carbons (Fsp3) is 0.205. The summed E-state index contributed by atoms with van der Waals surface area (Å²) in [4.78, 5) is 13.8. The molecule has 0 amide bonds. The van der Waals surface area contributed by atoms with Crippen molar-refractivity contribution in [1.82, 2.24) is 19.5 Å². The Labute approximate surface area is 277 Å². The molecule has 1 atom stereocenters. The van der Waals surface area contributed by atoms with Crippen molar-refractivity contribution in [2.24, 2.45) is 5.41 Å². The molecule has 1 aliphatic rings. The van der Waals surface area contributed by atoms with Crippen molar-refractivity contribution in [1.29, 1.82) is 0 Å². The van der Waals surface area contributed by atoms with Crippen molar-refractivity contribution in [2.75, 3.05) is 0 Å². The van der Waals surface area contributed by atoms with E-state index in [0.717, 1.165) is 56.6 Å². The van der Waals surface area contributed by atoms with Crippen LogP contribution >= 0.6 is 0 Å².